The molecule has 0 fully saturated rings. The van der Waals surface area contributed by atoms with Crippen molar-refractivity contribution in [1.29, 1.82) is 0 Å². The fourth-order valence-electron chi connectivity index (χ4n) is 3.87. The second kappa shape index (κ2) is 12.0. The van der Waals surface area contributed by atoms with Crippen LogP contribution in [0.3, 0.4) is 0 Å². The fourth-order valence-corrected chi connectivity index (χ4v) is 5.23. The van der Waals surface area contributed by atoms with E-state index in [1.165, 1.54) is 12.1 Å². The summed E-state index contributed by atoms with van der Waals surface area (Å²) in [6.07, 6.45) is 6.17. The van der Waals surface area contributed by atoms with E-state index in [0.29, 0.717) is 19.4 Å². The molecule has 0 aliphatic carbocycles. The van der Waals surface area contributed by atoms with Gasteiger partial charge in [0.1, 0.15) is 6.04 Å². The van der Waals surface area contributed by atoms with Gasteiger partial charge in [-0.3, -0.25) is 14.4 Å². The van der Waals surface area contributed by atoms with Crippen molar-refractivity contribution in [3.8, 4) is 0 Å². The first kappa shape index (κ1) is 26.4. The molecule has 2 unspecified atom stereocenters. The Bertz CT molecular complexity index is 1150. The molecule has 3 N–H and O–H groups in total. The van der Waals surface area contributed by atoms with E-state index in [9.17, 15) is 22.8 Å². The summed E-state index contributed by atoms with van der Waals surface area (Å²) in [4.78, 5) is 38.6. The number of aromatic nitrogens is 2. The van der Waals surface area contributed by atoms with Gasteiger partial charge >= 0.3 is 0 Å². The summed E-state index contributed by atoms with van der Waals surface area (Å²) in [6, 6.07) is 5.46. The summed E-state index contributed by atoms with van der Waals surface area (Å²) in [7, 11) is -3.98. The van der Waals surface area contributed by atoms with Crippen LogP contribution in [0.25, 0.3) is 0 Å². The van der Waals surface area contributed by atoms with E-state index < -0.39 is 45.6 Å². The number of hydrogen-bond acceptors (Lipinski definition) is 7. The zero-order valence-corrected chi connectivity index (χ0v) is 20.7. The highest BCUT2D eigenvalue weighted by atomic mass is 32.2. The molecule has 1 aromatic heterocycles. The highest BCUT2D eigenvalue weighted by Gasteiger charge is 2.33. The van der Waals surface area contributed by atoms with E-state index in [1.54, 1.807) is 44.4 Å². The Morgan fingerprint density at radius 2 is 1.69 bits per heavy atom. The number of ketones is 1. The quantitative estimate of drug-likeness (QED) is 0.499. The molecule has 0 bridgehead atoms. The Morgan fingerprint density at radius 3 is 2.34 bits per heavy atom. The Labute approximate surface area is 205 Å². The molecule has 11 heteroatoms. The van der Waals surface area contributed by atoms with Crippen LogP contribution >= 0.6 is 0 Å². The number of carbonyl (C=O) groups excluding carboxylic acids is 3. The van der Waals surface area contributed by atoms with Gasteiger partial charge in [0.2, 0.25) is 21.7 Å². The third-order valence-corrected chi connectivity index (χ3v) is 7.37. The minimum absolute atomic E-state index is 0.0256. The maximum absolute atomic E-state index is 13.2. The molecule has 0 saturated heterocycles. The summed E-state index contributed by atoms with van der Waals surface area (Å²) in [5, 5.41) is 13.1. The maximum atomic E-state index is 13.2. The van der Waals surface area contributed by atoms with E-state index in [1.807, 2.05) is 0 Å². The third kappa shape index (κ3) is 7.15. The molecule has 0 radical (unpaired) electrons. The van der Waals surface area contributed by atoms with Crippen molar-refractivity contribution >= 4 is 27.6 Å². The predicted molar refractivity (Wildman–Crippen MR) is 129 cm³/mol. The second-order valence-electron chi connectivity index (χ2n) is 8.87. The number of carbonyl (C=O) groups is 3. The Hall–Kier alpha value is -3.18. The van der Waals surface area contributed by atoms with Gasteiger partial charge in [0, 0.05) is 6.54 Å². The zero-order chi connectivity index (χ0) is 25.4. The first-order valence-electron chi connectivity index (χ1n) is 11.7. The number of sulfonamides is 1. The van der Waals surface area contributed by atoms with E-state index in [4.69, 9.17) is 0 Å². The van der Waals surface area contributed by atoms with Crippen molar-refractivity contribution in [2.75, 3.05) is 6.54 Å². The van der Waals surface area contributed by atoms with Gasteiger partial charge < -0.3 is 10.6 Å². The van der Waals surface area contributed by atoms with Crippen molar-refractivity contribution < 1.29 is 22.8 Å². The second-order valence-corrected chi connectivity index (χ2v) is 10.6. The topological polar surface area (TPSA) is 147 Å². The lowest BCUT2D eigenvalue weighted by atomic mass is 9.96. The number of nitrogens with one attached hydrogen (secondary N) is 3. The van der Waals surface area contributed by atoms with Crippen LogP contribution in [0.4, 0.5) is 0 Å². The van der Waals surface area contributed by atoms with Crippen LogP contribution in [0.15, 0.2) is 47.6 Å². The van der Waals surface area contributed by atoms with Gasteiger partial charge in [-0.1, -0.05) is 32.0 Å². The van der Waals surface area contributed by atoms with E-state index in [0.717, 1.165) is 24.0 Å². The van der Waals surface area contributed by atoms with Gasteiger partial charge in [-0.25, -0.2) is 8.42 Å². The number of benzene rings is 1. The van der Waals surface area contributed by atoms with Crippen LogP contribution in [0.1, 0.15) is 44.2 Å². The Morgan fingerprint density at radius 1 is 1.03 bits per heavy atom. The number of hydrogen-bond donors (Lipinski definition) is 3. The predicted octanol–water partition coefficient (Wildman–Crippen LogP) is 0.919. The van der Waals surface area contributed by atoms with Crippen LogP contribution in [-0.4, -0.2) is 54.8 Å². The highest BCUT2D eigenvalue weighted by molar-refractivity contribution is 7.89. The lowest BCUT2D eigenvalue weighted by molar-refractivity contribution is -0.140. The van der Waals surface area contributed by atoms with Gasteiger partial charge in [-0.05, 0) is 61.3 Å². The van der Waals surface area contributed by atoms with Gasteiger partial charge in [-0.15, -0.1) is 0 Å². The molecule has 3 rings (SSSR count). The van der Waals surface area contributed by atoms with Crippen molar-refractivity contribution in [3.63, 3.8) is 0 Å². The average molecular weight is 502 g/mol. The molecule has 0 spiro atoms. The molecule has 0 saturated carbocycles. The van der Waals surface area contributed by atoms with Crippen molar-refractivity contribution in [3.05, 3.63) is 53.9 Å². The average Bonchev–Trinajstić information content (AvgIpc) is 2.84. The van der Waals surface area contributed by atoms with E-state index in [2.05, 4.69) is 25.6 Å². The standard InChI is InChI=1S/C24H31N5O5S/c1-16(2)21(29-35(33,34)19-9-4-3-5-10-19)23(31)28-20-12-11-18-15-27-26-14-17(18)8-6-7-13-25-24(32)22(20)30/h3-5,9-10,14-16,20-21,29H,6-8,11-13H2,1-2H3,(H,25,32)(H,28,31). The number of aryl methyl sites for hydroxylation is 2. The van der Waals surface area contributed by atoms with Gasteiger partial charge in [0.25, 0.3) is 5.91 Å². The normalized spacial score (nSPS) is 18.5. The van der Waals surface area contributed by atoms with Crippen LogP contribution in [0, 0.1) is 5.92 Å². The van der Waals surface area contributed by atoms with E-state index in [-0.39, 0.29) is 11.3 Å². The summed E-state index contributed by atoms with van der Waals surface area (Å²) in [6.45, 7) is 3.73. The Kier molecular flexibility index (Phi) is 9.05. The first-order chi connectivity index (χ1) is 16.7. The zero-order valence-electron chi connectivity index (χ0n) is 19.9. The SMILES string of the molecule is CC(C)C(NS(=O)(=O)c1ccccc1)C(=O)NC1CCc2cnncc2CCCCNC(=O)C1=O. The monoisotopic (exact) mass is 501 g/mol. The highest BCUT2D eigenvalue weighted by Crippen LogP contribution is 2.16. The summed E-state index contributed by atoms with van der Waals surface area (Å²) in [5.41, 5.74) is 1.92. The smallest absolute Gasteiger partial charge is 0.289 e. The number of amides is 2. The molecular weight excluding hydrogens is 470 g/mol. The van der Waals surface area contributed by atoms with Gasteiger partial charge in [0.15, 0.2) is 0 Å². The van der Waals surface area contributed by atoms with Crippen LogP contribution < -0.4 is 15.4 Å². The first-order valence-corrected chi connectivity index (χ1v) is 13.2. The summed E-state index contributed by atoms with van der Waals surface area (Å²) >= 11 is 0. The van der Waals surface area contributed by atoms with Gasteiger partial charge in [0.05, 0.1) is 23.3 Å². The minimum Gasteiger partial charge on any atom is -0.349 e. The molecule has 2 aromatic rings. The molecule has 188 valence electrons. The van der Waals surface area contributed by atoms with E-state index >= 15 is 0 Å². The third-order valence-electron chi connectivity index (χ3n) is 5.91. The summed E-state index contributed by atoms with van der Waals surface area (Å²) in [5.74, 6) is -2.63. The van der Waals surface area contributed by atoms with Crippen molar-refractivity contribution in [1.82, 2.24) is 25.6 Å². The molecule has 2 atom stereocenters. The van der Waals surface area contributed by atoms with Crippen molar-refractivity contribution in [2.45, 2.75) is 62.9 Å². The maximum Gasteiger partial charge on any atom is 0.289 e. The van der Waals surface area contributed by atoms with Crippen LogP contribution in [0.2, 0.25) is 0 Å². The molecule has 10 nitrogen and oxygen atoms in total. The molecule has 1 aliphatic rings. The molecule has 35 heavy (non-hydrogen) atoms. The molecule has 2 heterocycles. The summed E-state index contributed by atoms with van der Waals surface area (Å²) < 4.78 is 28.1. The molecule has 1 aromatic carbocycles. The molecular formula is C24H31N5O5S. The van der Waals surface area contributed by atoms with Crippen LogP contribution in [-0.2, 0) is 37.2 Å². The number of Topliss-reactive ketones (excluding diaryl/α,β-unsaturated/α-hetero) is 1. The lowest BCUT2D eigenvalue weighted by Crippen LogP contribution is -2.55. The number of fused-ring (bicyclic) bond motifs is 1. The van der Waals surface area contributed by atoms with Gasteiger partial charge in [-0.2, -0.15) is 14.9 Å². The molecule has 2 amide bonds. The minimum atomic E-state index is -3.98. The lowest BCUT2D eigenvalue weighted by Gasteiger charge is -2.25. The number of nitrogens with zero attached hydrogens (tertiary/aromatic N) is 2. The fraction of sp³-hybridized carbons (Fsp3) is 0.458. The van der Waals surface area contributed by atoms with Crippen molar-refractivity contribution in [2.24, 2.45) is 5.92 Å². The largest absolute Gasteiger partial charge is 0.349 e. The van der Waals surface area contributed by atoms with Crippen LogP contribution in [0.5, 0.6) is 0 Å². The number of rotatable bonds is 6. The Balaban J connectivity index is 1.81. The molecule has 1 aliphatic heterocycles.